The van der Waals surface area contributed by atoms with Gasteiger partial charge in [-0.3, -0.25) is 4.79 Å². The summed E-state index contributed by atoms with van der Waals surface area (Å²) < 4.78 is 82.9. The summed E-state index contributed by atoms with van der Waals surface area (Å²) in [6.45, 7) is 4.51. The summed E-state index contributed by atoms with van der Waals surface area (Å²) in [6, 6.07) is 20.9. The minimum absolute atomic E-state index is 0.0427. The molecule has 272 valence electrons. The maximum Gasteiger partial charge on any atom is 0.490 e. The molecule has 2 aliphatic rings. The molecule has 0 radical (unpaired) electrons. The van der Waals surface area contributed by atoms with Crippen molar-refractivity contribution in [2.75, 3.05) is 11.4 Å². The number of carboxylic acids is 2. The maximum absolute atomic E-state index is 13.7. The van der Waals surface area contributed by atoms with Gasteiger partial charge in [-0.2, -0.15) is 30.7 Å². The van der Waals surface area contributed by atoms with Gasteiger partial charge in [-0.25, -0.2) is 14.6 Å². The molecule has 1 heterocycles. The zero-order valence-electron chi connectivity index (χ0n) is 27.0. The minimum Gasteiger partial charge on any atom is -0.491 e. The normalized spacial score (nSPS) is 17.8. The van der Waals surface area contributed by atoms with Gasteiger partial charge in [0.15, 0.2) is 0 Å². The van der Waals surface area contributed by atoms with Crippen LogP contribution in [0, 0.1) is 11.9 Å². The Morgan fingerprint density at radius 2 is 1.36 bits per heavy atom. The van der Waals surface area contributed by atoms with Gasteiger partial charge < -0.3 is 25.6 Å². The Morgan fingerprint density at radius 3 is 1.80 bits per heavy atom. The van der Waals surface area contributed by atoms with Gasteiger partial charge in [0.05, 0.1) is 6.10 Å². The highest BCUT2D eigenvalue weighted by Gasteiger charge is 2.48. The largest absolute Gasteiger partial charge is 0.491 e. The molecule has 2 aliphatic carbocycles. The highest BCUT2D eigenvalue weighted by atomic mass is 19.4. The van der Waals surface area contributed by atoms with Gasteiger partial charge in [-0.05, 0) is 80.6 Å². The number of anilines is 1. The number of amides is 1. The van der Waals surface area contributed by atoms with Crippen molar-refractivity contribution in [2.45, 2.75) is 75.9 Å². The van der Waals surface area contributed by atoms with Crippen LogP contribution in [0.15, 0.2) is 66.7 Å². The quantitative estimate of drug-likeness (QED) is 0.162. The van der Waals surface area contributed by atoms with Crippen LogP contribution in [0.25, 0.3) is 11.1 Å². The van der Waals surface area contributed by atoms with Crippen molar-refractivity contribution in [3.8, 4) is 16.9 Å². The molecule has 5 rings (SSSR count). The number of aliphatic carboxylic acids is 2. The third kappa shape index (κ3) is 11.7. The summed E-state index contributed by atoms with van der Waals surface area (Å²) >= 11 is 0. The lowest BCUT2D eigenvalue weighted by atomic mass is 9.97. The molecule has 16 heteroatoms. The van der Waals surface area contributed by atoms with Crippen LogP contribution in [0.4, 0.5) is 36.4 Å². The Hall–Kier alpha value is -4.73. The number of alkyl halides is 6. The number of carboxylic acid groups (broad SMARTS) is 2. The van der Waals surface area contributed by atoms with Crippen LogP contribution in [-0.2, 0) is 14.4 Å². The van der Waals surface area contributed by atoms with E-state index in [1.807, 2.05) is 67.3 Å². The summed E-state index contributed by atoms with van der Waals surface area (Å²) in [4.78, 5) is 37.4. The second kappa shape index (κ2) is 16.3. The summed E-state index contributed by atoms with van der Waals surface area (Å²) in [5.74, 6) is -5.37. The summed E-state index contributed by atoms with van der Waals surface area (Å²) in [5.41, 5.74) is 10.00. The molecule has 1 aromatic heterocycles. The predicted molar refractivity (Wildman–Crippen MR) is 168 cm³/mol. The van der Waals surface area contributed by atoms with Crippen LogP contribution >= 0.6 is 0 Å². The molecule has 4 N–H and O–H groups in total. The first-order chi connectivity index (χ1) is 23.2. The first kappa shape index (κ1) is 39.7. The van der Waals surface area contributed by atoms with Gasteiger partial charge in [-0.1, -0.05) is 43.2 Å². The number of carbonyl (C=O) groups is 3. The van der Waals surface area contributed by atoms with E-state index in [1.54, 1.807) is 12.1 Å². The van der Waals surface area contributed by atoms with Gasteiger partial charge in [0, 0.05) is 35.3 Å². The zero-order chi connectivity index (χ0) is 37.4. The number of hydrogen-bond donors (Lipinski definition) is 3. The first-order valence-corrected chi connectivity index (χ1v) is 15.4. The first-order valence-electron chi connectivity index (χ1n) is 15.4. The molecular weight excluding hydrogens is 679 g/mol. The standard InChI is InChI=1S/C30H34FN3O2.2C2HF3O2/c1-20(2)36-24-14-10-22(11-15-24)21-8-12-23(13-9-21)34(19-30(32)16-3-4-17-30)29(35)26-18-25(26)27-6-5-7-28(31)33-27;2*3-2(4,5)1(6)7/h5-15,20,25-26H,3-4,16-19,32H2,1-2H3;2*(H,6,7)/t25-,26-;;/m1../s1. The number of benzene rings is 2. The van der Waals surface area contributed by atoms with Gasteiger partial charge in [0.1, 0.15) is 5.75 Å². The van der Waals surface area contributed by atoms with Crippen molar-refractivity contribution >= 4 is 23.5 Å². The van der Waals surface area contributed by atoms with E-state index in [1.165, 1.54) is 6.07 Å². The van der Waals surface area contributed by atoms with Crippen LogP contribution in [0.3, 0.4) is 0 Å². The minimum atomic E-state index is -5.08. The molecule has 2 atom stereocenters. The van der Waals surface area contributed by atoms with Gasteiger partial charge in [0.25, 0.3) is 0 Å². The fourth-order valence-electron chi connectivity index (χ4n) is 5.31. The van der Waals surface area contributed by atoms with Crippen LogP contribution in [0.1, 0.15) is 57.6 Å². The second-order valence-electron chi connectivity index (χ2n) is 12.2. The molecule has 1 amide bonds. The number of aromatic nitrogens is 1. The van der Waals surface area contributed by atoms with Crippen molar-refractivity contribution in [1.29, 1.82) is 0 Å². The number of nitrogens with two attached hydrogens (primary N) is 1. The van der Waals surface area contributed by atoms with E-state index in [2.05, 4.69) is 4.98 Å². The number of pyridine rings is 1. The Labute approximate surface area is 282 Å². The Morgan fingerprint density at radius 1 is 0.880 bits per heavy atom. The number of nitrogens with zero attached hydrogens (tertiary/aromatic N) is 2. The van der Waals surface area contributed by atoms with E-state index in [0.717, 1.165) is 48.2 Å². The smallest absolute Gasteiger partial charge is 0.490 e. The lowest BCUT2D eigenvalue weighted by Gasteiger charge is -2.33. The summed E-state index contributed by atoms with van der Waals surface area (Å²) in [5, 5.41) is 14.2. The zero-order valence-corrected chi connectivity index (χ0v) is 27.0. The van der Waals surface area contributed by atoms with E-state index in [0.29, 0.717) is 18.7 Å². The lowest BCUT2D eigenvalue weighted by molar-refractivity contribution is -0.193. The molecule has 2 saturated carbocycles. The number of carbonyl (C=O) groups excluding carboxylic acids is 1. The molecule has 0 unspecified atom stereocenters. The van der Waals surface area contributed by atoms with Crippen molar-refractivity contribution in [3.05, 3.63) is 78.4 Å². The van der Waals surface area contributed by atoms with E-state index < -0.39 is 30.2 Å². The molecule has 2 fully saturated rings. The highest BCUT2D eigenvalue weighted by molar-refractivity contribution is 5.98. The van der Waals surface area contributed by atoms with E-state index in [9.17, 15) is 35.5 Å². The number of halogens is 7. The monoisotopic (exact) mass is 715 g/mol. The Balaban J connectivity index is 0.000000408. The van der Waals surface area contributed by atoms with Gasteiger partial charge in [-0.15, -0.1) is 0 Å². The molecule has 3 aromatic rings. The van der Waals surface area contributed by atoms with Gasteiger partial charge in [0.2, 0.25) is 11.9 Å². The summed E-state index contributed by atoms with van der Waals surface area (Å²) in [6.07, 6.45) is -5.34. The molecule has 2 aromatic carbocycles. The van der Waals surface area contributed by atoms with Crippen LogP contribution < -0.4 is 15.4 Å². The molecule has 9 nitrogen and oxygen atoms in total. The SMILES string of the molecule is CC(C)Oc1ccc(-c2ccc(N(CC3(N)CCCC3)C(=O)[C@@H]3C[C@H]3c3cccc(F)n3)cc2)cc1.O=C(O)C(F)(F)F.O=C(O)C(F)(F)F. The molecule has 0 aliphatic heterocycles. The van der Waals surface area contributed by atoms with Crippen LogP contribution in [-0.4, -0.2) is 63.6 Å². The van der Waals surface area contributed by atoms with Crippen LogP contribution in [0.5, 0.6) is 5.75 Å². The fraction of sp³-hybridized carbons (Fsp3) is 0.412. The Kier molecular flexibility index (Phi) is 13.0. The highest BCUT2D eigenvalue weighted by Crippen LogP contribution is 2.48. The third-order valence-electron chi connectivity index (χ3n) is 7.79. The molecule has 50 heavy (non-hydrogen) atoms. The number of ether oxygens (including phenoxy) is 1. The molecule has 0 bridgehead atoms. The van der Waals surface area contributed by atoms with E-state index in [4.69, 9.17) is 30.3 Å². The average molecular weight is 716 g/mol. The predicted octanol–water partition coefficient (Wildman–Crippen LogP) is 7.35. The lowest BCUT2D eigenvalue weighted by Crippen LogP contribution is -2.50. The maximum atomic E-state index is 13.7. The topological polar surface area (TPSA) is 143 Å². The third-order valence-corrected chi connectivity index (χ3v) is 7.79. The Bertz CT molecular complexity index is 1580. The van der Waals surface area contributed by atoms with Crippen molar-refractivity contribution in [2.24, 2.45) is 11.7 Å². The average Bonchev–Trinajstić information content (AvgIpc) is 3.72. The summed E-state index contributed by atoms with van der Waals surface area (Å²) in [7, 11) is 0. The van der Waals surface area contributed by atoms with Crippen molar-refractivity contribution in [3.63, 3.8) is 0 Å². The second-order valence-corrected chi connectivity index (χ2v) is 12.2. The fourth-order valence-corrected chi connectivity index (χ4v) is 5.31. The van der Waals surface area contributed by atoms with Crippen molar-refractivity contribution in [1.82, 2.24) is 4.98 Å². The van der Waals surface area contributed by atoms with Crippen LogP contribution in [0.2, 0.25) is 0 Å². The van der Waals surface area contributed by atoms with Crippen molar-refractivity contribution < 1.29 is 60.1 Å². The number of rotatable bonds is 8. The van der Waals surface area contributed by atoms with E-state index in [-0.39, 0.29) is 29.4 Å². The molecule has 0 spiro atoms. The molecular formula is C34H36F7N3O6. The number of hydrogen-bond acceptors (Lipinski definition) is 6. The molecule has 0 saturated heterocycles. The van der Waals surface area contributed by atoms with Gasteiger partial charge >= 0.3 is 24.3 Å². The van der Waals surface area contributed by atoms with E-state index >= 15 is 0 Å².